The Hall–Kier alpha value is -3.28. The Morgan fingerprint density at radius 2 is 2.09 bits per heavy atom. The fourth-order valence-corrected chi connectivity index (χ4v) is 8.69. The molecule has 2 saturated heterocycles. The van der Waals surface area contributed by atoms with Crippen LogP contribution in [0.25, 0.3) is 0 Å². The van der Waals surface area contributed by atoms with Gasteiger partial charge in [0, 0.05) is 49.1 Å². The van der Waals surface area contributed by atoms with E-state index in [4.69, 9.17) is 31.0 Å². The van der Waals surface area contributed by atoms with Crippen LogP contribution >= 0.6 is 11.6 Å². The van der Waals surface area contributed by atoms with Gasteiger partial charge in [-0.1, -0.05) is 23.7 Å². The first-order valence-corrected chi connectivity index (χ1v) is 17.1. The van der Waals surface area contributed by atoms with E-state index in [0.717, 1.165) is 84.1 Å². The Kier molecular flexibility index (Phi) is 7.49. The minimum atomic E-state index is -0.829. The molecule has 6 heterocycles. The molecule has 2 aromatic heterocycles. The predicted molar refractivity (Wildman–Crippen MR) is 171 cm³/mol. The molecule has 1 spiro atoms. The zero-order chi connectivity index (χ0) is 31.6. The summed E-state index contributed by atoms with van der Waals surface area (Å²) in [5, 5.41) is 8.36. The number of carbonyl (C=O) groups is 1. The summed E-state index contributed by atoms with van der Waals surface area (Å²) < 4.78 is 29.7. The lowest BCUT2D eigenvalue weighted by Gasteiger charge is -2.37. The third-order valence-electron chi connectivity index (χ3n) is 10.6. The number of aromatic nitrogens is 4. The van der Waals surface area contributed by atoms with Crippen LogP contribution in [-0.4, -0.2) is 74.5 Å². The van der Waals surface area contributed by atoms with Crippen molar-refractivity contribution in [2.45, 2.75) is 102 Å². The fourth-order valence-electron chi connectivity index (χ4n) is 8.42. The van der Waals surface area contributed by atoms with E-state index < -0.39 is 11.8 Å². The number of fused-ring (bicyclic) bond motifs is 5. The predicted octanol–water partition coefficient (Wildman–Crippen LogP) is 4.74. The molecule has 244 valence electrons. The van der Waals surface area contributed by atoms with E-state index in [2.05, 4.69) is 26.3 Å². The molecule has 1 amide bonds. The highest BCUT2D eigenvalue weighted by molar-refractivity contribution is 6.31. The molecular formula is C34H41ClFN7O3. The molecule has 10 nitrogen and oxygen atoms in total. The van der Waals surface area contributed by atoms with E-state index in [1.807, 2.05) is 36.7 Å². The van der Waals surface area contributed by atoms with Gasteiger partial charge in [0.05, 0.1) is 35.7 Å². The molecule has 3 aromatic rings. The molecule has 0 radical (unpaired) electrons. The number of alkyl halides is 1. The number of aryl methyl sites for hydroxylation is 1. The number of rotatable bonds is 6. The second-order valence-electron chi connectivity index (χ2n) is 14.0. The lowest BCUT2D eigenvalue weighted by Crippen LogP contribution is -2.43. The van der Waals surface area contributed by atoms with Crippen LogP contribution in [-0.2, 0) is 42.9 Å². The normalized spacial score (nSPS) is 27.0. The number of halogens is 2. The topological polar surface area (TPSA) is 97.6 Å². The number of hydrogen-bond acceptors (Lipinski definition) is 8. The first kappa shape index (κ1) is 30.1. The van der Waals surface area contributed by atoms with Gasteiger partial charge >= 0.3 is 6.01 Å². The highest BCUT2D eigenvalue weighted by Crippen LogP contribution is 2.49. The van der Waals surface area contributed by atoms with Crippen LogP contribution in [0.1, 0.15) is 84.5 Å². The number of amides is 1. The van der Waals surface area contributed by atoms with Gasteiger partial charge in [-0.3, -0.25) is 14.4 Å². The van der Waals surface area contributed by atoms with Crippen molar-refractivity contribution < 1.29 is 18.7 Å². The molecule has 12 heteroatoms. The lowest BCUT2D eigenvalue weighted by molar-refractivity contribution is -0.0730. The quantitative estimate of drug-likeness (QED) is 0.409. The van der Waals surface area contributed by atoms with Crippen LogP contribution in [0.4, 0.5) is 10.2 Å². The third-order valence-corrected chi connectivity index (χ3v) is 10.9. The molecule has 2 fully saturated rings. The number of nitrogens with one attached hydrogen (secondary N) is 1. The van der Waals surface area contributed by atoms with E-state index >= 15 is 0 Å². The number of benzene rings is 1. The van der Waals surface area contributed by atoms with E-state index in [1.54, 1.807) is 0 Å². The molecule has 4 aliphatic heterocycles. The largest absolute Gasteiger partial charge is 0.461 e. The van der Waals surface area contributed by atoms with Crippen molar-refractivity contribution >= 4 is 23.3 Å². The highest BCUT2D eigenvalue weighted by atomic mass is 35.5. The van der Waals surface area contributed by atoms with Crippen LogP contribution < -0.4 is 15.0 Å². The molecule has 1 aliphatic carbocycles. The molecule has 3 atom stereocenters. The van der Waals surface area contributed by atoms with Gasteiger partial charge in [-0.25, -0.2) is 4.39 Å². The first-order chi connectivity index (χ1) is 22.2. The lowest BCUT2D eigenvalue weighted by atomic mass is 9.87. The summed E-state index contributed by atoms with van der Waals surface area (Å²) in [6.07, 6.45) is 4.75. The van der Waals surface area contributed by atoms with Crippen molar-refractivity contribution in [3.05, 3.63) is 63.1 Å². The summed E-state index contributed by atoms with van der Waals surface area (Å²) >= 11 is 6.61. The standard InChI is InChI=1S/C34H41ClFN7O3/c1-21(2)37-31(44)28-14-23-18-41(11-5-13-43(23)40-28)30-25-19-46-34(10-8-24-26(34)6-3-7-27(24)35)16-29(25)38-32(39-30)45-20-33-9-4-12-42(33)17-22(36)15-33/h3,6-7,14,21-22H,4-5,8-13,15-20H2,1-2H3,(H,37,44)/t22-,33+,34+/m1/s1. The number of nitrogens with zero attached hydrogens (tertiary/aromatic N) is 6. The van der Waals surface area contributed by atoms with Crippen molar-refractivity contribution in [1.82, 2.24) is 30.0 Å². The van der Waals surface area contributed by atoms with E-state index in [0.29, 0.717) is 57.4 Å². The van der Waals surface area contributed by atoms with Crippen molar-refractivity contribution in [2.75, 3.05) is 31.1 Å². The maximum absolute atomic E-state index is 14.5. The van der Waals surface area contributed by atoms with Gasteiger partial charge in [-0.15, -0.1) is 0 Å². The van der Waals surface area contributed by atoms with Gasteiger partial charge in [-0.2, -0.15) is 15.1 Å². The van der Waals surface area contributed by atoms with Gasteiger partial charge in [0.1, 0.15) is 18.6 Å². The van der Waals surface area contributed by atoms with Crippen molar-refractivity contribution in [3.63, 3.8) is 0 Å². The number of hydrogen-bond donors (Lipinski definition) is 1. The Bertz CT molecular complexity index is 1680. The summed E-state index contributed by atoms with van der Waals surface area (Å²) in [4.78, 5) is 27.3. The summed E-state index contributed by atoms with van der Waals surface area (Å²) in [6, 6.07) is 8.30. The summed E-state index contributed by atoms with van der Waals surface area (Å²) in [5.74, 6) is 0.619. The molecule has 5 aliphatic rings. The second kappa shape index (κ2) is 11.5. The highest BCUT2D eigenvalue weighted by Gasteiger charge is 2.50. The van der Waals surface area contributed by atoms with Gasteiger partial charge in [-0.05, 0) is 75.8 Å². The van der Waals surface area contributed by atoms with Gasteiger partial charge < -0.3 is 19.7 Å². The molecule has 8 rings (SSSR count). The Morgan fingerprint density at radius 1 is 1.20 bits per heavy atom. The zero-order valence-electron chi connectivity index (χ0n) is 26.5. The average Bonchev–Trinajstić information content (AvgIpc) is 3.74. The molecule has 1 aromatic carbocycles. The SMILES string of the molecule is CC(C)NC(=O)c1cc2n(n1)CCCN(c1nc(OC[C@@]34CCCN3C[C@H](F)C4)nc3c1CO[C@@]1(CCc4c(Cl)cccc41)C3)C2. The van der Waals surface area contributed by atoms with Gasteiger partial charge in [0.2, 0.25) is 0 Å². The number of carbonyl (C=O) groups excluding carboxylic acids is 1. The van der Waals surface area contributed by atoms with Crippen LogP contribution in [0.5, 0.6) is 6.01 Å². The van der Waals surface area contributed by atoms with E-state index in [-0.39, 0.29) is 17.5 Å². The summed E-state index contributed by atoms with van der Waals surface area (Å²) in [5.41, 5.74) is 4.75. The maximum atomic E-state index is 14.5. The molecule has 0 unspecified atom stereocenters. The van der Waals surface area contributed by atoms with Crippen molar-refractivity contribution in [1.29, 1.82) is 0 Å². The van der Waals surface area contributed by atoms with Crippen LogP contribution in [0.2, 0.25) is 5.02 Å². The van der Waals surface area contributed by atoms with Crippen LogP contribution in [0, 0.1) is 0 Å². The average molecular weight is 650 g/mol. The second-order valence-corrected chi connectivity index (χ2v) is 14.4. The van der Waals surface area contributed by atoms with Gasteiger partial charge in [0.25, 0.3) is 5.91 Å². The van der Waals surface area contributed by atoms with Gasteiger partial charge in [0.15, 0.2) is 5.69 Å². The molecule has 0 bridgehead atoms. The maximum Gasteiger partial charge on any atom is 0.318 e. The Labute approximate surface area is 273 Å². The molecular weight excluding hydrogens is 609 g/mol. The molecule has 0 saturated carbocycles. The molecule has 46 heavy (non-hydrogen) atoms. The van der Waals surface area contributed by atoms with Crippen molar-refractivity contribution in [2.24, 2.45) is 0 Å². The minimum absolute atomic E-state index is 0.0264. The zero-order valence-corrected chi connectivity index (χ0v) is 27.3. The number of ether oxygens (including phenoxy) is 2. The Balaban J connectivity index is 1.14. The van der Waals surface area contributed by atoms with Crippen LogP contribution in [0.3, 0.4) is 0 Å². The van der Waals surface area contributed by atoms with Crippen LogP contribution in [0.15, 0.2) is 24.3 Å². The smallest absolute Gasteiger partial charge is 0.318 e. The monoisotopic (exact) mass is 649 g/mol. The first-order valence-electron chi connectivity index (χ1n) is 16.7. The minimum Gasteiger partial charge on any atom is -0.461 e. The number of anilines is 1. The van der Waals surface area contributed by atoms with E-state index in [1.165, 1.54) is 0 Å². The summed E-state index contributed by atoms with van der Waals surface area (Å²) in [6.45, 7) is 7.99. The van der Waals surface area contributed by atoms with E-state index in [9.17, 15) is 9.18 Å². The molecule has 1 N–H and O–H groups in total. The Morgan fingerprint density at radius 3 is 2.96 bits per heavy atom. The fraction of sp³-hybridized carbons (Fsp3) is 0.588. The van der Waals surface area contributed by atoms with Crippen molar-refractivity contribution in [3.8, 4) is 6.01 Å². The summed E-state index contributed by atoms with van der Waals surface area (Å²) in [7, 11) is 0. The third kappa shape index (κ3) is 5.15.